The van der Waals surface area contributed by atoms with Crippen LogP contribution in [0.15, 0.2) is 60.4 Å². The van der Waals surface area contributed by atoms with E-state index in [2.05, 4.69) is 60.5 Å². The molecule has 8 rings (SSSR count). The van der Waals surface area contributed by atoms with Gasteiger partial charge in [0.05, 0.1) is 58.3 Å². The summed E-state index contributed by atoms with van der Waals surface area (Å²) in [6, 6.07) is 8.61. The van der Waals surface area contributed by atoms with E-state index < -0.39 is 128 Å². The largest absolute Gasteiger partial charge is 1.00 e. The van der Waals surface area contributed by atoms with Gasteiger partial charge in [0.1, 0.15) is 50.3 Å². The minimum Gasteiger partial charge on any atom is -0.566 e. The SMILES string of the molecule is CC(=O)N1CCC[C@@H]1CO[P@@](=S)(OC[C@H]1O[C@@H](n2cnc3c(NC(=O)c4ccccc4)ncnc32)[C@H](F)[C@@H]1O[P+](=O)[O-])O[C@@H]1[C@H](O[Si](C)(C)C(C)(C)C)[C@@H](CO)O[C@H]1n1cnc2c(=O)n(CCOCNC(=O)CNC(=O)OCC[Si](C)(C)C)cnc21.[Na+]. The second-order valence-corrected chi connectivity index (χ2v) is 37.4. The normalized spacial score (nSPS) is 23.3. The number of nitrogens with zero attached hydrogens (tertiary/aromatic N) is 9. The van der Waals surface area contributed by atoms with Crippen LogP contribution in [-0.4, -0.2) is 184 Å². The molecule has 0 saturated carbocycles. The van der Waals surface area contributed by atoms with Crippen LogP contribution in [0, 0.1) is 0 Å². The van der Waals surface area contributed by atoms with E-state index in [1.807, 2.05) is 33.9 Å². The van der Waals surface area contributed by atoms with Crippen molar-refractivity contribution in [1.29, 1.82) is 0 Å². The van der Waals surface area contributed by atoms with Crippen LogP contribution >= 0.6 is 15.0 Å². The third kappa shape index (κ3) is 17.5. The first kappa shape index (κ1) is 70.0. The number of imidazole rings is 2. The van der Waals surface area contributed by atoms with Gasteiger partial charge in [-0.2, -0.15) is 0 Å². The molecule has 4 N–H and O–H groups in total. The van der Waals surface area contributed by atoms with E-state index in [0.29, 0.717) is 24.9 Å². The van der Waals surface area contributed by atoms with Gasteiger partial charge in [-0.15, -0.1) is 4.52 Å². The van der Waals surface area contributed by atoms with E-state index in [-0.39, 0.29) is 103 Å². The van der Waals surface area contributed by atoms with Crippen molar-refractivity contribution < 1.29 is 109 Å². The molecule has 4 amide bonds. The Bertz CT molecular complexity index is 3350. The van der Waals surface area contributed by atoms with Crippen molar-refractivity contribution in [1.82, 2.24) is 54.2 Å². The fraction of sp³-hybridized carbons (Fsp3) is 0.608. The number of carbonyl (C=O) groups excluding carboxylic acids is 4. The van der Waals surface area contributed by atoms with Gasteiger partial charge in [0, 0.05) is 27.1 Å². The van der Waals surface area contributed by atoms with E-state index >= 15 is 4.39 Å². The zero-order chi connectivity index (χ0) is 62.3. The zero-order valence-electron chi connectivity index (χ0n) is 50.1. The third-order valence-electron chi connectivity index (χ3n) is 15.1. The van der Waals surface area contributed by atoms with E-state index in [9.17, 15) is 38.5 Å². The Balaban J connectivity index is 0.0000108. The number of aliphatic hydroxyl groups excluding tert-OH is 1. The molecule has 0 radical (unpaired) electrons. The monoisotopic (exact) mass is 1320 g/mol. The molecule has 1 aromatic carbocycles. The molecule has 1 unspecified atom stereocenters. The number of alkyl halides is 1. The molecule has 3 fully saturated rings. The van der Waals surface area contributed by atoms with Gasteiger partial charge in [0.2, 0.25) is 11.8 Å². The summed E-state index contributed by atoms with van der Waals surface area (Å²) in [7, 11) is -7.94. The van der Waals surface area contributed by atoms with Crippen LogP contribution in [0.3, 0.4) is 0 Å². The molecule has 470 valence electrons. The Labute approximate surface area is 531 Å². The number of rotatable bonds is 27. The molecule has 0 bridgehead atoms. The molecule has 11 atom stereocenters. The molecule has 0 aliphatic carbocycles. The van der Waals surface area contributed by atoms with Crippen LogP contribution in [-0.2, 0) is 74.0 Å². The first-order valence-corrected chi connectivity index (χ1v) is 38.0. The predicted molar refractivity (Wildman–Crippen MR) is 314 cm³/mol. The van der Waals surface area contributed by atoms with Gasteiger partial charge in [-0.3, -0.25) is 37.4 Å². The topological polar surface area (TPSA) is 347 Å². The van der Waals surface area contributed by atoms with Crippen LogP contribution < -0.4 is 56.0 Å². The second kappa shape index (κ2) is 30.1. The molecular formula is C51H73FN12NaO17P2SSi2+. The van der Waals surface area contributed by atoms with Crippen LogP contribution in [0.2, 0.25) is 43.8 Å². The van der Waals surface area contributed by atoms with Crippen molar-refractivity contribution in [3.8, 4) is 0 Å². The molecule has 29 nitrogen and oxygen atoms in total. The summed E-state index contributed by atoms with van der Waals surface area (Å²) in [5, 5.41) is 18.2. The maximum Gasteiger partial charge on any atom is 1.00 e. The number of ether oxygens (including phenoxy) is 4. The summed E-state index contributed by atoms with van der Waals surface area (Å²) in [5.74, 6) is -1.25. The van der Waals surface area contributed by atoms with Gasteiger partial charge in [0.15, 0.2) is 61.2 Å². The van der Waals surface area contributed by atoms with E-state index in [4.69, 9.17) is 53.3 Å². The van der Waals surface area contributed by atoms with E-state index in [1.54, 1.807) is 35.2 Å². The number of benzene rings is 1. The van der Waals surface area contributed by atoms with Crippen molar-refractivity contribution in [2.45, 2.75) is 146 Å². The number of hydrogen-bond acceptors (Lipinski definition) is 23. The molecule has 3 aliphatic heterocycles. The summed E-state index contributed by atoms with van der Waals surface area (Å²) >= 11 is 6.26. The minimum absolute atomic E-state index is 0. The maximum atomic E-state index is 16.9. The van der Waals surface area contributed by atoms with Gasteiger partial charge in [-0.25, -0.2) is 34.1 Å². The fourth-order valence-corrected chi connectivity index (χ4v) is 14.0. The summed E-state index contributed by atoms with van der Waals surface area (Å²) in [6.45, 7) is 12.1. The van der Waals surface area contributed by atoms with Crippen molar-refractivity contribution in [3.63, 3.8) is 0 Å². The van der Waals surface area contributed by atoms with Crippen LogP contribution in [0.5, 0.6) is 0 Å². The molecular weight excluding hydrogens is 1240 g/mol. The number of likely N-dealkylation sites (tertiary alicyclic amines) is 1. The molecule has 3 saturated heterocycles. The number of carbonyl (C=O) groups is 4. The van der Waals surface area contributed by atoms with Gasteiger partial charge in [-0.1, -0.05) is 58.6 Å². The minimum atomic E-state index is -4.32. The average Bonchev–Trinajstić information content (AvgIpc) is 1.67. The average molecular weight is 1320 g/mol. The molecule has 87 heavy (non-hydrogen) atoms. The second-order valence-electron chi connectivity index (χ2n) is 23.4. The summed E-state index contributed by atoms with van der Waals surface area (Å²) in [4.78, 5) is 100.0. The Hall–Kier alpha value is -4.49. The number of anilines is 1. The number of aromatic nitrogens is 8. The van der Waals surface area contributed by atoms with Crippen LogP contribution in [0.1, 0.15) is 63.4 Å². The molecule has 5 aromatic rings. The Morgan fingerprint density at radius 2 is 1.57 bits per heavy atom. The number of nitrogens with one attached hydrogen (secondary N) is 3. The van der Waals surface area contributed by atoms with Gasteiger partial charge >= 0.3 is 50.6 Å². The van der Waals surface area contributed by atoms with Crippen molar-refractivity contribution in [3.05, 3.63) is 71.6 Å². The van der Waals surface area contributed by atoms with Crippen molar-refractivity contribution in [2.75, 3.05) is 58.2 Å². The molecule has 3 aliphatic rings. The van der Waals surface area contributed by atoms with Gasteiger partial charge in [0.25, 0.3) is 11.5 Å². The predicted octanol–water partition coefficient (Wildman–Crippen LogP) is 1.42. The first-order valence-electron chi connectivity index (χ1n) is 27.8. The van der Waals surface area contributed by atoms with E-state index in [0.717, 1.165) is 12.4 Å². The first-order chi connectivity index (χ1) is 40.7. The number of hydrogen-bond donors (Lipinski definition) is 4. The zero-order valence-corrected chi connectivity index (χ0v) is 56.7. The maximum absolute atomic E-state index is 16.9. The number of aliphatic hydroxyl groups is 1. The molecule has 7 heterocycles. The number of fused-ring (bicyclic) bond motifs is 2. The Morgan fingerprint density at radius 3 is 2.25 bits per heavy atom. The Morgan fingerprint density at radius 1 is 0.897 bits per heavy atom. The molecule has 0 spiro atoms. The van der Waals surface area contributed by atoms with Crippen molar-refractivity contribution >= 4 is 95.1 Å². The number of alkyl carbamates (subject to hydrolysis) is 1. The molecule has 4 aromatic heterocycles. The standard InChI is InChI=1S/C51H73FN12O17P2SSi2.Na/c1-31(66)62-17-13-16-33(62)24-75-83(84,76-25-35-40(79-82(71)72)37(52)48(78-35)63-28-56-38-43(54-26-55-44(38)63)60-46(68)32-14-11-10-12-15-32)80-42-41(81-86(8,9)51(2,3)4)34(23-65)77-49(42)64-29-57-39-45(64)58-27-61(47(39)69)18-19-73-30-59-36(67)22-53-50(70)74-20-21-85(5,6)7;/h10-12,14-15,26-29,33-35,37,40-42,48-49,65H,13,16-25,30H2,1-9H3,(H,53,70)(H,59,67)(H,54,55,60,68);/q;+1/t33-,34-,35-,37-,40-,41-,42-,48-,49-,83-;/m1./s1. The summed E-state index contributed by atoms with van der Waals surface area (Å²) in [6.07, 6.45) is -6.82. The van der Waals surface area contributed by atoms with Crippen LogP contribution in [0.25, 0.3) is 22.3 Å². The van der Waals surface area contributed by atoms with E-state index in [1.165, 1.54) is 39.6 Å². The van der Waals surface area contributed by atoms with Gasteiger partial charge < -0.3 is 63.3 Å². The van der Waals surface area contributed by atoms with Crippen molar-refractivity contribution in [2.24, 2.45) is 0 Å². The number of amides is 4. The fourth-order valence-electron chi connectivity index (χ4n) is 9.41. The summed E-state index contributed by atoms with van der Waals surface area (Å²) < 4.78 is 88.6. The number of halogens is 1. The smallest absolute Gasteiger partial charge is 0.566 e. The van der Waals surface area contributed by atoms with Gasteiger partial charge in [-0.05, 0) is 65.5 Å². The quantitative estimate of drug-likeness (QED) is 0.0250. The molecule has 36 heteroatoms. The summed E-state index contributed by atoms with van der Waals surface area (Å²) in [5.41, 5.74) is -0.248. The third-order valence-corrected chi connectivity index (χ3v) is 24.0. The Kier molecular flexibility index (Phi) is 24.2. The van der Waals surface area contributed by atoms with Crippen LogP contribution in [0.4, 0.5) is 15.0 Å².